The van der Waals surface area contributed by atoms with E-state index in [0.717, 1.165) is 26.2 Å². The lowest BCUT2D eigenvalue weighted by Gasteiger charge is -2.09. The maximum atomic E-state index is 12.1. The third-order valence-corrected chi connectivity index (χ3v) is 4.72. The van der Waals surface area contributed by atoms with Crippen LogP contribution in [0, 0.1) is 0 Å². The van der Waals surface area contributed by atoms with Crippen molar-refractivity contribution < 1.29 is 9.53 Å². The van der Waals surface area contributed by atoms with Gasteiger partial charge in [0.15, 0.2) is 5.78 Å². The molecule has 3 aromatic rings. The molecule has 4 nitrogen and oxygen atoms in total. The number of ether oxygens (including phenoxy) is 1. The minimum absolute atomic E-state index is 0.0124. The highest BCUT2D eigenvalue weighted by Gasteiger charge is 2.07. The van der Waals surface area contributed by atoms with Gasteiger partial charge in [-0.1, -0.05) is 18.2 Å². The Morgan fingerprint density at radius 1 is 1.42 bits per heavy atom. The SMILES string of the molecule is COc1ccc(/C=C/C(=O)c2cccs2)cc1Cn1cc(Br)cn1. The standard InChI is InChI=1S/C18H15BrN2O2S/c1-23-17-7-5-13(4-6-16(22)18-3-2-8-24-18)9-14(17)11-21-12-15(19)10-20-21/h2-10,12H,11H2,1H3/b6-4+. The third-order valence-electron chi connectivity index (χ3n) is 3.43. The number of hydrogen-bond donors (Lipinski definition) is 0. The van der Waals surface area contributed by atoms with Crippen molar-refractivity contribution in [2.75, 3.05) is 7.11 Å². The Balaban J connectivity index is 1.81. The number of allylic oxidation sites excluding steroid dienone is 1. The molecule has 122 valence electrons. The quantitative estimate of drug-likeness (QED) is 0.444. The predicted molar refractivity (Wildman–Crippen MR) is 99.7 cm³/mol. The Morgan fingerprint density at radius 2 is 2.29 bits per heavy atom. The first-order valence-electron chi connectivity index (χ1n) is 7.26. The summed E-state index contributed by atoms with van der Waals surface area (Å²) in [4.78, 5) is 12.8. The molecule has 3 rings (SSSR count). The number of carbonyl (C=O) groups is 1. The van der Waals surface area contributed by atoms with Crippen LogP contribution in [0.2, 0.25) is 0 Å². The van der Waals surface area contributed by atoms with Gasteiger partial charge in [-0.2, -0.15) is 5.10 Å². The lowest BCUT2D eigenvalue weighted by molar-refractivity contribution is 0.105. The van der Waals surface area contributed by atoms with Gasteiger partial charge in [-0.25, -0.2) is 0 Å². The highest BCUT2D eigenvalue weighted by Crippen LogP contribution is 2.22. The summed E-state index contributed by atoms with van der Waals surface area (Å²) in [6, 6.07) is 9.54. The molecule has 0 saturated carbocycles. The van der Waals surface area contributed by atoms with Crippen LogP contribution in [-0.2, 0) is 6.54 Å². The van der Waals surface area contributed by atoms with Gasteiger partial charge in [0.25, 0.3) is 0 Å². The highest BCUT2D eigenvalue weighted by atomic mass is 79.9. The molecule has 1 aromatic carbocycles. The van der Waals surface area contributed by atoms with Crippen molar-refractivity contribution >= 4 is 39.1 Å². The van der Waals surface area contributed by atoms with Crippen LogP contribution in [0.3, 0.4) is 0 Å². The minimum atomic E-state index is 0.0124. The van der Waals surface area contributed by atoms with E-state index >= 15 is 0 Å². The van der Waals surface area contributed by atoms with Gasteiger partial charge in [0.2, 0.25) is 0 Å². The van der Waals surface area contributed by atoms with Gasteiger partial charge >= 0.3 is 0 Å². The fraction of sp³-hybridized carbons (Fsp3) is 0.111. The Hall–Kier alpha value is -2.18. The average Bonchev–Trinajstić information content (AvgIpc) is 3.25. The molecular weight excluding hydrogens is 388 g/mol. The van der Waals surface area contributed by atoms with Crippen molar-refractivity contribution in [3.63, 3.8) is 0 Å². The summed E-state index contributed by atoms with van der Waals surface area (Å²) >= 11 is 4.84. The first kappa shape index (κ1) is 16.7. The lowest BCUT2D eigenvalue weighted by atomic mass is 10.1. The van der Waals surface area contributed by atoms with E-state index in [0.29, 0.717) is 6.54 Å². The number of benzene rings is 1. The molecule has 0 bridgehead atoms. The van der Waals surface area contributed by atoms with Crippen molar-refractivity contribution in [3.8, 4) is 5.75 Å². The number of thiophene rings is 1. The summed E-state index contributed by atoms with van der Waals surface area (Å²) < 4.78 is 8.18. The first-order valence-corrected chi connectivity index (χ1v) is 8.94. The van der Waals surface area contributed by atoms with Crippen molar-refractivity contribution in [1.29, 1.82) is 0 Å². The van der Waals surface area contributed by atoms with Crippen LogP contribution in [0.25, 0.3) is 6.08 Å². The van der Waals surface area contributed by atoms with Crippen LogP contribution < -0.4 is 4.74 Å². The molecule has 0 amide bonds. The second kappa shape index (κ2) is 7.59. The van der Waals surface area contributed by atoms with E-state index in [4.69, 9.17) is 4.74 Å². The molecule has 0 radical (unpaired) electrons. The topological polar surface area (TPSA) is 44.1 Å². The zero-order valence-corrected chi connectivity index (χ0v) is 15.4. The number of aromatic nitrogens is 2. The summed E-state index contributed by atoms with van der Waals surface area (Å²) in [5, 5.41) is 6.17. The summed E-state index contributed by atoms with van der Waals surface area (Å²) in [5.41, 5.74) is 1.95. The van der Waals surface area contributed by atoms with Crippen LogP contribution in [0.1, 0.15) is 20.8 Å². The van der Waals surface area contributed by atoms with Crippen LogP contribution >= 0.6 is 27.3 Å². The van der Waals surface area contributed by atoms with Gasteiger partial charge in [-0.05, 0) is 51.1 Å². The van der Waals surface area contributed by atoms with Crippen molar-refractivity contribution in [3.05, 3.63) is 74.7 Å². The number of carbonyl (C=O) groups excluding carboxylic acids is 1. The molecule has 6 heteroatoms. The smallest absolute Gasteiger partial charge is 0.195 e. The van der Waals surface area contributed by atoms with Gasteiger partial charge in [-0.3, -0.25) is 9.48 Å². The number of halogens is 1. The Labute approximate surface area is 152 Å². The molecule has 0 aliphatic heterocycles. The molecule has 0 aliphatic carbocycles. The normalized spacial score (nSPS) is 11.1. The molecule has 0 aliphatic rings. The Bertz CT molecular complexity index is 869. The zero-order chi connectivity index (χ0) is 16.9. The fourth-order valence-corrected chi connectivity index (χ4v) is 3.27. The van der Waals surface area contributed by atoms with Gasteiger partial charge in [0, 0.05) is 11.8 Å². The number of methoxy groups -OCH3 is 1. The first-order chi connectivity index (χ1) is 11.7. The van der Waals surface area contributed by atoms with E-state index in [2.05, 4.69) is 21.0 Å². The highest BCUT2D eigenvalue weighted by molar-refractivity contribution is 9.10. The molecule has 0 fully saturated rings. The number of nitrogens with zero attached hydrogens (tertiary/aromatic N) is 2. The van der Waals surface area contributed by atoms with E-state index in [1.165, 1.54) is 11.3 Å². The number of ketones is 1. The monoisotopic (exact) mass is 402 g/mol. The number of hydrogen-bond acceptors (Lipinski definition) is 4. The third kappa shape index (κ3) is 4.01. The zero-order valence-electron chi connectivity index (χ0n) is 13.0. The van der Waals surface area contributed by atoms with Crippen LogP contribution in [-0.4, -0.2) is 22.7 Å². The lowest BCUT2D eigenvalue weighted by Crippen LogP contribution is -2.02. The van der Waals surface area contributed by atoms with Gasteiger partial charge in [-0.15, -0.1) is 11.3 Å². The summed E-state index contributed by atoms with van der Waals surface area (Å²) in [6.45, 7) is 0.593. The van der Waals surface area contributed by atoms with Gasteiger partial charge in [0.05, 0.1) is 29.2 Å². The molecular formula is C18H15BrN2O2S. The van der Waals surface area contributed by atoms with Crippen molar-refractivity contribution in [2.45, 2.75) is 6.54 Å². The van der Waals surface area contributed by atoms with Crippen LogP contribution in [0.15, 0.2) is 58.7 Å². The summed E-state index contributed by atoms with van der Waals surface area (Å²) in [7, 11) is 1.65. The van der Waals surface area contributed by atoms with E-state index in [9.17, 15) is 4.79 Å². The summed E-state index contributed by atoms with van der Waals surface area (Å²) in [6.07, 6.45) is 7.07. The van der Waals surface area contributed by atoms with Gasteiger partial charge in [0.1, 0.15) is 5.75 Å². The molecule has 0 atom stereocenters. The molecule has 0 spiro atoms. The summed E-state index contributed by atoms with van der Waals surface area (Å²) in [5.74, 6) is 0.807. The molecule has 2 heterocycles. The second-order valence-corrected chi connectivity index (χ2v) is 6.97. The molecule has 0 saturated heterocycles. The van der Waals surface area contributed by atoms with Crippen LogP contribution in [0.4, 0.5) is 0 Å². The van der Waals surface area contributed by atoms with Crippen LogP contribution in [0.5, 0.6) is 5.75 Å². The molecule has 0 unspecified atom stereocenters. The van der Waals surface area contributed by atoms with E-state index in [1.54, 1.807) is 19.4 Å². The maximum absolute atomic E-state index is 12.1. The Morgan fingerprint density at radius 3 is 2.96 bits per heavy atom. The molecule has 24 heavy (non-hydrogen) atoms. The van der Waals surface area contributed by atoms with Crippen molar-refractivity contribution in [2.24, 2.45) is 0 Å². The molecule has 2 aromatic heterocycles. The number of rotatable bonds is 6. The van der Waals surface area contributed by atoms with Gasteiger partial charge < -0.3 is 4.74 Å². The second-order valence-electron chi connectivity index (χ2n) is 5.10. The van der Waals surface area contributed by atoms with E-state index in [1.807, 2.05) is 52.7 Å². The molecule has 0 N–H and O–H groups in total. The van der Waals surface area contributed by atoms with E-state index < -0.39 is 0 Å². The Kier molecular flexibility index (Phi) is 5.27. The maximum Gasteiger partial charge on any atom is 0.195 e. The largest absolute Gasteiger partial charge is 0.496 e. The fourth-order valence-electron chi connectivity index (χ4n) is 2.30. The van der Waals surface area contributed by atoms with E-state index in [-0.39, 0.29) is 5.78 Å². The predicted octanol–water partition coefficient (Wildman–Crippen LogP) is 4.66. The van der Waals surface area contributed by atoms with Crippen molar-refractivity contribution in [1.82, 2.24) is 9.78 Å². The average molecular weight is 403 g/mol. The minimum Gasteiger partial charge on any atom is -0.496 e.